The first kappa shape index (κ1) is 15.2. The molecule has 1 aromatic carbocycles. The Bertz CT molecular complexity index is 453. The normalized spacial score (nSPS) is 13.3. The van der Waals surface area contributed by atoms with Crippen LogP contribution >= 0.6 is 27.7 Å². The zero-order valence-electron chi connectivity index (χ0n) is 8.87. The van der Waals surface area contributed by atoms with E-state index in [-0.39, 0.29) is 0 Å². The van der Waals surface area contributed by atoms with Crippen LogP contribution < -0.4 is 5.73 Å². The van der Waals surface area contributed by atoms with E-state index in [2.05, 4.69) is 15.9 Å². The Kier molecular flexibility index (Phi) is 4.92. The molecule has 1 rings (SSSR count). The van der Waals surface area contributed by atoms with Gasteiger partial charge in [0.05, 0.1) is 0 Å². The van der Waals surface area contributed by atoms with Crippen LogP contribution in [-0.4, -0.2) is 23.0 Å². The summed E-state index contributed by atoms with van der Waals surface area (Å²) in [5.41, 5.74) is 5.90. The zero-order chi connectivity index (χ0) is 13.9. The number of carboxylic acids is 1. The van der Waals surface area contributed by atoms with Gasteiger partial charge in [-0.05, 0) is 18.2 Å². The van der Waals surface area contributed by atoms with Crippen molar-refractivity contribution in [1.82, 2.24) is 0 Å². The molecule has 0 saturated carbocycles. The second-order valence-electron chi connectivity index (χ2n) is 3.43. The maximum Gasteiger partial charge on any atom is 0.403 e. The average Bonchev–Trinajstić information content (AvgIpc) is 2.20. The van der Waals surface area contributed by atoms with Gasteiger partial charge >= 0.3 is 12.1 Å². The summed E-state index contributed by atoms with van der Waals surface area (Å²) in [6.07, 6.45) is -4.76. The Morgan fingerprint density at radius 1 is 1.50 bits per heavy atom. The van der Waals surface area contributed by atoms with Crippen molar-refractivity contribution in [1.29, 1.82) is 0 Å². The fraction of sp³-hybridized carbons (Fsp3) is 0.300. The molecule has 18 heavy (non-hydrogen) atoms. The quantitative estimate of drug-likeness (QED) is 0.649. The number of thioether (sulfide) groups is 1. The number of nitrogen functional groups attached to an aromatic ring is 1. The molecule has 100 valence electrons. The molecule has 0 bridgehead atoms. The van der Waals surface area contributed by atoms with E-state index in [1.807, 2.05) is 0 Å². The van der Waals surface area contributed by atoms with E-state index in [0.717, 1.165) is 11.8 Å². The summed E-state index contributed by atoms with van der Waals surface area (Å²) in [6.45, 7) is 0. The van der Waals surface area contributed by atoms with E-state index in [1.54, 1.807) is 12.1 Å². The molecular weight excluding hydrogens is 335 g/mol. The van der Waals surface area contributed by atoms with Gasteiger partial charge in [0.2, 0.25) is 0 Å². The largest absolute Gasteiger partial charge is 0.481 e. The van der Waals surface area contributed by atoms with Crippen LogP contribution in [0.3, 0.4) is 0 Å². The Hall–Kier alpha value is -0.890. The van der Waals surface area contributed by atoms with Gasteiger partial charge in [-0.25, -0.2) is 0 Å². The molecule has 0 amide bonds. The first-order chi connectivity index (χ1) is 8.21. The van der Waals surface area contributed by atoms with Gasteiger partial charge in [0.25, 0.3) is 0 Å². The van der Waals surface area contributed by atoms with E-state index >= 15 is 0 Å². The van der Waals surface area contributed by atoms with Crippen LogP contribution in [0.15, 0.2) is 27.6 Å². The van der Waals surface area contributed by atoms with Gasteiger partial charge in [-0.3, -0.25) is 4.79 Å². The van der Waals surface area contributed by atoms with Gasteiger partial charge in [0.1, 0.15) is 0 Å². The van der Waals surface area contributed by atoms with Crippen molar-refractivity contribution in [3.05, 3.63) is 22.7 Å². The highest BCUT2D eigenvalue weighted by atomic mass is 79.9. The molecule has 3 N–H and O–H groups in total. The molecule has 1 aromatic rings. The van der Waals surface area contributed by atoms with Crippen LogP contribution in [0.4, 0.5) is 18.9 Å². The summed E-state index contributed by atoms with van der Waals surface area (Å²) in [5, 5.41) is 8.54. The van der Waals surface area contributed by atoms with Gasteiger partial charge in [0.15, 0.2) is 5.92 Å². The van der Waals surface area contributed by atoms with E-state index in [9.17, 15) is 18.0 Å². The van der Waals surface area contributed by atoms with E-state index < -0.39 is 23.8 Å². The minimum Gasteiger partial charge on any atom is -0.481 e. The summed E-state index contributed by atoms with van der Waals surface area (Å²) in [4.78, 5) is 11.0. The minimum atomic E-state index is -4.76. The highest BCUT2D eigenvalue weighted by molar-refractivity contribution is 9.10. The highest BCUT2D eigenvalue weighted by Crippen LogP contribution is 2.34. The molecule has 0 aromatic heterocycles. The van der Waals surface area contributed by atoms with Crippen LogP contribution in [0.1, 0.15) is 0 Å². The zero-order valence-corrected chi connectivity index (χ0v) is 11.3. The molecule has 0 fully saturated rings. The lowest BCUT2D eigenvalue weighted by Gasteiger charge is -2.16. The van der Waals surface area contributed by atoms with Gasteiger partial charge in [-0.2, -0.15) is 13.2 Å². The lowest BCUT2D eigenvalue weighted by atomic mass is 10.2. The molecule has 1 unspecified atom stereocenters. The van der Waals surface area contributed by atoms with Crippen LogP contribution in [0.25, 0.3) is 0 Å². The predicted molar refractivity (Wildman–Crippen MR) is 66.5 cm³/mol. The molecule has 0 spiro atoms. The molecule has 8 heteroatoms. The van der Waals surface area contributed by atoms with E-state index in [4.69, 9.17) is 10.8 Å². The molecule has 1 atom stereocenters. The van der Waals surface area contributed by atoms with Crippen molar-refractivity contribution < 1.29 is 23.1 Å². The maximum absolute atomic E-state index is 12.4. The second-order valence-corrected chi connectivity index (χ2v) is 5.40. The van der Waals surface area contributed by atoms with Crippen molar-refractivity contribution in [2.75, 3.05) is 11.5 Å². The smallest absolute Gasteiger partial charge is 0.403 e. The minimum absolute atomic E-state index is 0.314. The van der Waals surface area contributed by atoms with Crippen LogP contribution in [0.2, 0.25) is 0 Å². The summed E-state index contributed by atoms with van der Waals surface area (Å²) in [7, 11) is 0. The molecule has 0 aliphatic rings. The predicted octanol–water partition coefficient (Wildman–Crippen LogP) is 3.39. The topological polar surface area (TPSA) is 63.3 Å². The fourth-order valence-electron chi connectivity index (χ4n) is 1.11. The van der Waals surface area contributed by atoms with Crippen molar-refractivity contribution in [3.63, 3.8) is 0 Å². The third kappa shape index (κ3) is 4.09. The number of hydrogen-bond acceptors (Lipinski definition) is 3. The van der Waals surface area contributed by atoms with E-state index in [0.29, 0.717) is 15.1 Å². The SMILES string of the molecule is Nc1ccc(Br)cc1SCC(C(=O)O)C(F)(F)F. The van der Waals surface area contributed by atoms with Crippen molar-refractivity contribution in [3.8, 4) is 0 Å². The number of halogens is 4. The molecule has 0 aliphatic heterocycles. The fourth-order valence-corrected chi connectivity index (χ4v) is 2.75. The van der Waals surface area contributed by atoms with Gasteiger partial charge in [0, 0.05) is 20.8 Å². The highest BCUT2D eigenvalue weighted by Gasteiger charge is 2.44. The number of anilines is 1. The second kappa shape index (κ2) is 5.83. The van der Waals surface area contributed by atoms with Crippen LogP contribution in [-0.2, 0) is 4.79 Å². The Balaban J connectivity index is 2.79. The average molecular weight is 344 g/mol. The number of carbonyl (C=O) groups is 1. The van der Waals surface area contributed by atoms with Crippen molar-refractivity contribution >= 4 is 39.3 Å². The van der Waals surface area contributed by atoms with Crippen molar-refractivity contribution in [2.24, 2.45) is 5.92 Å². The third-order valence-electron chi connectivity index (χ3n) is 2.07. The Morgan fingerprint density at radius 2 is 2.11 bits per heavy atom. The number of nitrogens with two attached hydrogens (primary N) is 1. The molecule has 0 saturated heterocycles. The first-order valence-corrected chi connectivity index (χ1v) is 6.47. The third-order valence-corrected chi connectivity index (χ3v) is 3.73. The molecule has 0 radical (unpaired) electrons. The maximum atomic E-state index is 12.4. The van der Waals surface area contributed by atoms with Crippen LogP contribution in [0.5, 0.6) is 0 Å². The number of carboxylic acid groups (broad SMARTS) is 1. The lowest BCUT2D eigenvalue weighted by molar-refractivity contribution is -0.188. The van der Waals surface area contributed by atoms with Gasteiger partial charge < -0.3 is 10.8 Å². The molecule has 0 aliphatic carbocycles. The van der Waals surface area contributed by atoms with Crippen molar-refractivity contribution in [2.45, 2.75) is 11.1 Å². The number of rotatable bonds is 4. The Labute approximate surface area is 114 Å². The van der Waals surface area contributed by atoms with E-state index in [1.165, 1.54) is 6.07 Å². The summed E-state index contributed by atoms with van der Waals surface area (Å²) in [5.74, 6) is -4.90. The summed E-state index contributed by atoms with van der Waals surface area (Å²) >= 11 is 3.93. The molecule has 0 heterocycles. The molecule has 3 nitrogen and oxygen atoms in total. The number of aliphatic carboxylic acids is 1. The standard InChI is InChI=1S/C10H9BrF3NO2S/c11-5-1-2-7(15)8(3-5)18-4-6(9(16)17)10(12,13)14/h1-3,6H,4,15H2,(H,16,17). The molecular formula is C10H9BrF3NO2S. The Morgan fingerprint density at radius 3 is 2.61 bits per heavy atom. The number of alkyl halides is 3. The van der Waals surface area contributed by atoms with Crippen LogP contribution in [0, 0.1) is 5.92 Å². The number of hydrogen-bond donors (Lipinski definition) is 2. The summed E-state index contributed by atoms with van der Waals surface area (Å²) < 4.78 is 37.9. The monoisotopic (exact) mass is 343 g/mol. The summed E-state index contributed by atoms with van der Waals surface area (Å²) in [6, 6.07) is 4.74. The first-order valence-electron chi connectivity index (χ1n) is 4.69. The lowest BCUT2D eigenvalue weighted by Crippen LogP contribution is -2.32. The number of benzene rings is 1. The van der Waals surface area contributed by atoms with Gasteiger partial charge in [-0.15, -0.1) is 11.8 Å². The van der Waals surface area contributed by atoms with Gasteiger partial charge in [-0.1, -0.05) is 15.9 Å².